The van der Waals surface area contributed by atoms with E-state index < -0.39 is 0 Å². The lowest BCUT2D eigenvalue weighted by Gasteiger charge is -2.51. The van der Waals surface area contributed by atoms with E-state index in [1.165, 1.54) is 31.3 Å². The van der Waals surface area contributed by atoms with Gasteiger partial charge in [0.1, 0.15) is 23.5 Å². The first-order chi connectivity index (χ1) is 20.8. The third kappa shape index (κ3) is 3.56. The molecule has 3 nitrogen and oxygen atoms in total. The van der Waals surface area contributed by atoms with Crippen LogP contribution in [-0.4, -0.2) is 0 Å². The Kier molecular flexibility index (Phi) is 5.27. The standard InChI is InChI=1S/C38H26N2OS/c1-3-11-24(12-4-1)27-16-9-17-30-28-22-21-26(23-33(28)41-35(27)30)40-37(25-13-5-2-6-14-25)39-38(40)32-19-10-18-31-29-15-7-8-20-34(29)42-36(31)32/h1-23,37-39H. The number of furan rings is 1. The van der Waals surface area contributed by atoms with Gasteiger partial charge in [-0.1, -0.05) is 115 Å². The van der Waals surface area contributed by atoms with Gasteiger partial charge in [-0.05, 0) is 29.3 Å². The molecule has 0 aliphatic carbocycles. The summed E-state index contributed by atoms with van der Waals surface area (Å²) in [4.78, 5) is 2.50. The Balaban J connectivity index is 1.20. The maximum absolute atomic E-state index is 6.64. The number of benzene rings is 6. The van der Waals surface area contributed by atoms with Crippen LogP contribution in [-0.2, 0) is 0 Å². The van der Waals surface area contributed by atoms with Gasteiger partial charge in [-0.2, -0.15) is 0 Å². The van der Waals surface area contributed by atoms with Gasteiger partial charge < -0.3 is 9.32 Å². The van der Waals surface area contributed by atoms with Gasteiger partial charge in [-0.15, -0.1) is 11.3 Å². The van der Waals surface area contributed by atoms with Crippen LogP contribution in [0.5, 0.6) is 0 Å². The zero-order valence-corrected chi connectivity index (χ0v) is 23.5. The second-order valence-corrected chi connectivity index (χ2v) is 12.0. The minimum absolute atomic E-state index is 0.0358. The molecule has 4 heteroatoms. The first kappa shape index (κ1) is 23.8. The molecule has 42 heavy (non-hydrogen) atoms. The molecule has 0 bridgehead atoms. The zero-order valence-electron chi connectivity index (χ0n) is 22.7. The monoisotopic (exact) mass is 558 g/mol. The summed E-state index contributed by atoms with van der Waals surface area (Å²) in [6.45, 7) is 0. The Bertz CT molecular complexity index is 2250. The highest BCUT2D eigenvalue weighted by Crippen LogP contribution is 2.47. The van der Waals surface area contributed by atoms with E-state index in [1.54, 1.807) is 0 Å². The van der Waals surface area contributed by atoms with Crippen LogP contribution in [0.3, 0.4) is 0 Å². The maximum atomic E-state index is 6.64. The Morgan fingerprint density at radius 3 is 2.21 bits per heavy atom. The van der Waals surface area contributed by atoms with E-state index in [2.05, 4.69) is 150 Å². The molecule has 2 aromatic heterocycles. The van der Waals surface area contributed by atoms with Crippen molar-refractivity contribution in [2.45, 2.75) is 12.3 Å². The fourth-order valence-corrected chi connectivity index (χ4v) is 7.82. The highest BCUT2D eigenvalue weighted by Gasteiger charge is 2.41. The van der Waals surface area contributed by atoms with Gasteiger partial charge in [0.25, 0.3) is 0 Å². The van der Waals surface area contributed by atoms with Crippen LogP contribution in [0.4, 0.5) is 5.69 Å². The van der Waals surface area contributed by atoms with Gasteiger partial charge in [0.05, 0.1) is 0 Å². The van der Waals surface area contributed by atoms with Crippen LogP contribution < -0.4 is 10.2 Å². The van der Waals surface area contributed by atoms with E-state index in [1.807, 2.05) is 11.3 Å². The van der Waals surface area contributed by atoms with Crippen molar-refractivity contribution in [1.82, 2.24) is 5.32 Å². The molecule has 3 heterocycles. The van der Waals surface area contributed by atoms with Gasteiger partial charge in [-0.3, -0.25) is 5.32 Å². The first-order valence-electron chi connectivity index (χ1n) is 14.3. The van der Waals surface area contributed by atoms with E-state index in [0.29, 0.717) is 0 Å². The number of anilines is 1. The van der Waals surface area contributed by atoms with Crippen molar-refractivity contribution in [1.29, 1.82) is 0 Å². The molecule has 2 atom stereocenters. The summed E-state index contributed by atoms with van der Waals surface area (Å²) < 4.78 is 9.30. The number of rotatable bonds is 4. The van der Waals surface area contributed by atoms with Crippen molar-refractivity contribution < 1.29 is 4.42 Å². The molecule has 1 saturated heterocycles. The number of thiophene rings is 1. The highest BCUT2D eigenvalue weighted by atomic mass is 32.1. The maximum Gasteiger partial charge on any atom is 0.143 e. The average Bonchev–Trinajstić information content (AvgIpc) is 3.60. The predicted octanol–water partition coefficient (Wildman–Crippen LogP) is 10.4. The van der Waals surface area contributed by atoms with Gasteiger partial charge >= 0.3 is 0 Å². The Morgan fingerprint density at radius 1 is 0.595 bits per heavy atom. The molecule has 0 amide bonds. The second kappa shape index (κ2) is 9.31. The molecule has 1 N–H and O–H groups in total. The molecule has 9 rings (SSSR count). The van der Waals surface area contributed by atoms with E-state index in [-0.39, 0.29) is 12.3 Å². The summed E-state index contributed by atoms with van der Waals surface area (Å²) in [5, 5.41) is 8.83. The van der Waals surface area contributed by atoms with E-state index in [0.717, 1.165) is 38.8 Å². The number of hydrogen-bond acceptors (Lipinski definition) is 4. The smallest absolute Gasteiger partial charge is 0.143 e. The van der Waals surface area contributed by atoms with E-state index in [4.69, 9.17) is 4.42 Å². The van der Waals surface area contributed by atoms with Crippen LogP contribution in [0.25, 0.3) is 53.2 Å². The molecule has 8 aromatic rings. The van der Waals surface area contributed by atoms with Crippen molar-refractivity contribution in [3.05, 3.63) is 151 Å². The van der Waals surface area contributed by atoms with Crippen molar-refractivity contribution in [2.24, 2.45) is 0 Å². The second-order valence-electron chi connectivity index (χ2n) is 10.9. The summed E-state index contributed by atoms with van der Waals surface area (Å²) >= 11 is 1.88. The zero-order chi connectivity index (χ0) is 27.6. The van der Waals surface area contributed by atoms with Crippen LogP contribution in [0, 0.1) is 0 Å². The fraction of sp³-hybridized carbons (Fsp3) is 0.0526. The molecule has 200 valence electrons. The van der Waals surface area contributed by atoms with E-state index >= 15 is 0 Å². The highest BCUT2D eigenvalue weighted by molar-refractivity contribution is 7.26. The fourth-order valence-electron chi connectivity index (χ4n) is 6.58. The molecule has 0 spiro atoms. The summed E-state index contributed by atoms with van der Waals surface area (Å²) in [5.74, 6) is 0. The molecule has 1 fully saturated rings. The topological polar surface area (TPSA) is 28.4 Å². The molecule has 2 unspecified atom stereocenters. The SMILES string of the molecule is c1ccc(-c2cccc3c2oc2cc(N4C(c5ccccc5)NC4c4cccc5c4sc4ccccc45)ccc23)cc1. The number of para-hydroxylation sites is 1. The number of nitrogens with one attached hydrogen (secondary N) is 1. The van der Waals surface area contributed by atoms with Crippen molar-refractivity contribution in [3.8, 4) is 11.1 Å². The predicted molar refractivity (Wildman–Crippen MR) is 176 cm³/mol. The first-order valence-corrected chi connectivity index (χ1v) is 15.2. The van der Waals surface area contributed by atoms with Gasteiger partial charge in [-0.25, -0.2) is 0 Å². The van der Waals surface area contributed by atoms with Gasteiger partial charge in [0, 0.05) is 53.8 Å². The van der Waals surface area contributed by atoms with Gasteiger partial charge in [0.2, 0.25) is 0 Å². The molecule has 1 aliphatic rings. The molecular weight excluding hydrogens is 532 g/mol. The largest absolute Gasteiger partial charge is 0.455 e. The lowest BCUT2D eigenvalue weighted by atomic mass is 9.98. The normalized spacial score (nSPS) is 16.9. The Hall–Kier alpha value is -4.90. The van der Waals surface area contributed by atoms with Crippen molar-refractivity contribution in [3.63, 3.8) is 0 Å². The number of nitrogens with zero attached hydrogens (tertiary/aromatic N) is 1. The lowest BCUT2D eigenvalue weighted by molar-refractivity contribution is 0.278. The van der Waals surface area contributed by atoms with Crippen LogP contribution in [0.2, 0.25) is 0 Å². The summed E-state index contributed by atoms with van der Waals surface area (Å²) in [5.41, 5.74) is 7.80. The van der Waals surface area contributed by atoms with Crippen molar-refractivity contribution in [2.75, 3.05) is 4.90 Å². The Labute approximate surface area is 247 Å². The summed E-state index contributed by atoms with van der Waals surface area (Å²) in [6, 6.07) is 49.8. The average molecular weight is 559 g/mol. The quantitative estimate of drug-likeness (QED) is 0.233. The van der Waals surface area contributed by atoms with E-state index in [9.17, 15) is 0 Å². The van der Waals surface area contributed by atoms with Crippen LogP contribution in [0.1, 0.15) is 23.5 Å². The molecule has 0 saturated carbocycles. The summed E-state index contributed by atoms with van der Waals surface area (Å²) in [7, 11) is 0. The molecule has 1 aliphatic heterocycles. The third-order valence-corrected chi connectivity index (χ3v) is 9.82. The van der Waals surface area contributed by atoms with Crippen molar-refractivity contribution >= 4 is 59.1 Å². The summed E-state index contributed by atoms with van der Waals surface area (Å²) in [6.07, 6.45) is 0.0937. The molecule has 6 aromatic carbocycles. The lowest BCUT2D eigenvalue weighted by Crippen LogP contribution is -2.57. The minimum Gasteiger partial charge on any atom is -0.455 e. The van der Waals surface area contributed by atoms with Crippen LogP contribution >= 0.6 is 11.3 Å². The molecular formula is C38H26N2OS. The number of hydrogen-bond donors (Lipinski definition) is 1. The molecule has 0 radical (unpaired) electrons. The van der Waals surface area contributed by atoms with Gasteiger partial charge in [0.15, 0.2) is 0 Å². The minimum atomic E-state index is 0.0358. The van der Waals surface area contributed by atoms with Crippen LogP contribution in [0.15, 0.2) is 144 Å². The Morgan fingerprint density at radius 2 is 1.33 bits per heavy atom. The number of fused-ring (bicyclic) bond motifs is 6. The third-order valence-electron chi connectivity index (χ3n) is 8.58.